The number of amides is 2. The average molecular weight is 364 g/mol. The second-order valence-corrected chi connectivity index (χ2v) is 6.54. The molecule has 1 N–H and O–H groups in total. The van der Waals surface area contributed by atoms with Crippen LogP contribution >= 0.6 is 0 Å². The highest BCUT2D eigenvalue weighted by molar-refractivity contribution is 5.86. The Balaban J connectivity index is 1.82. The van der Waals surface area contributed by atoms with Gasteiger partial charge in [0.15, 0.2) is 6.10 Å². The molecule has 0 aliphatic carbocycles. The minimum Gasteiger partial charge on any atom is -0.451 e. The van der Waals surface area contributed by atoms with Crippen LogP contribution in [0.2, 0.25) is 0 Å². The molecule has 1 fully saturated rings. The lowest BCUT2D eigenvalue weighted by Gasteiger charge is -2.22. The van der Waals surface area contributed by atoms with E-state index >= 15 is 0 Å². The second kappa shape index (κ2) is 9.31. The number of nitrogens with one attached hydrogen (secondary N) is 1. The highest BCUT2D eigenvalue weighted by Gasteiger charge is 2.24. The van der Waals surface area contributed by atoms with Gasteiger partial charge >= 0.3 is 5.97 Å². The second-order valence-electron chi connectivity index (χ2n) is 6.54. The Bertz CT molecular complexity index is 647. The molecule has 2 rings (SSSR count). The summed E-state index contributed by atoms with van der Waals surface area (Å²) in [7, 11) is 0. The third-order valence-electron chi connectivity index (χ3n) is 4.40. The summed E-state index contributed by atoms with van der Waals surface area (Å²) in [6.45, 7) is 3.64. The molecule has 1 heterocycles. The summed E-state index contributed by atoms with van der Waals surface area (Å²) < 4.78 is 18.1. The molecule has 1 aromatic carbocycles. The maximum atomic E-state index is 13.0. The van der Waals surface area contributed by atoms with Gasteiger partial charge in [-0.25, -0.2) is 4.39 Å². The van der Waals surface area contributed by atoms with Crippen LogP contribution in [0.15, 0.2) is 24.3 Å². The predicted octanol–water partition coefficient (Wildman–Crippen LogP) is 2.34. The van der Waals surface area contributed by atoms with Crippen molar-refractivity contribution in [2.45, 2.75) is 51.7 Å². The summed E-state index contributed by atoms with van der Waals surface area (Å²) in [5.41, 5.74) is 0.744. The van der Waals surface area contributed by atoms with E-state index in [2.05, 4.69) is 5.32 Å². The zero-order valence-corrected chi connectivity index (χ0v) is 15.2. The molecule has 142 valence electrons. The summed E-state index contributed by atoms with van der Waals surface area (Å²) in [5, 5.41) is 2.72. The summed E-state index contributed by atoms with van der Waals surface area (Å²) >= 11 is 0. The third-order valence-corrected chi connectivity index (χ3v) is 4.40. The molecular weight excluding hydrogens is 339 g/mol. The molecule has 1 aliphatic heterocycles. The van der Waals surface area contributed by atoms with E-state index in [1.54, 1.807) is 19.1 Å². The number of benzene rings is 1. The molecule has 7 heteroatoms. The van der Waals surface area contributed by atoms with E-state index in [1.165, 1.54) is 24.0 Å². The number of hydrogen-bond donors (Lipinski definition) is 1. The molecule has 0 spiro atoms. The number of ether oxygens (including phenoxy) is 1. The standard InChI is InChI=1S/C19H25FN2O4/c1-13(15-7-9-16(20)10-8-15)21-19(25)14(2)26-18(24)12-22-11-5-3-4-6-17(22)23/h7-10,13-14H,3-6,11-12H2,1-2H3,(H,21,25)/t13-,14-/m0/s1. The van der Waals surface area contributed by atoms with Gasteiger partial charge in [0.2, 0.25) is 5.91 Å². The highest BCUT2D eigenvalue weighted by atomic mass is 19.1. The number of rotatable bonds is 6. The molecule has 1 saturated heterocycles. The van der Waals surface area contributed by atoms with E-state index in [9.17, 15) is 18.8 Å². The predicted molar refractivity (Wildman–Crippen MR) is 93.6 cm³/mol. The van der Waals surface area contributed by atoms with Gasteiger partial charge in [0, 0.05) is 13.0 Å². The van der Waals surface area contributed by atoms with Gasteiger partial charge < -0.3 is 15.0 Å². The van der Waals surface area contributed by atoms with Crippen LogP contribution in [0.25, 0.3) is 0 Å². The quantitative estimate of drug-likeness (QED) is 0.786. The van der Waals surface area contributed by atoms with Gasteiger partial charge in [-0.05, 0) is 44.4 Å². The molecule has 0 unspecified atom stereocenters. The maximum absolute atomic E-state index is 13.0. The molecule has 6 nitrogen and oxygen atoms in total. The lowest BCUT2D eigenvalue weighted by molar-refractivity contribution is -0.157. The van der Waals surface area contributed by atoms with Crippen LogP contribution in [0.5, 0.6) is 0 Å². The Morgan fingerprint density at radius 3 is 2.58 bits per heavy atom. The fourth-order valence-corrected chi connectivity index (χ4v) is 2.82. The van der Waals surface area contributed by atoms with Crippen LogP contribution in [0.4, 0.5) is 4.39 Å². The highest BCUT2D eigenvalue weighted by Crippen LogP contribution is 2.14. The molecule has 2 atom stereocenters. The van der Waals surface area contributed by atoms with Gasteiger partial charge in [0.05, 0.1) is 6.04 Å². The summed E-state index contributed by atoms with van der Waals surface area (Å²) in [5.74, 6) is -1.45. The zero-order valence-electron chi connectivity index (χ0n) is 15.2. The van der Waals surface area contributed by atoms with Crippen molar-refractivity contribution in [3.8, 4) is 0 Å². The van der Waals surface area contributed by atoms with Crippen LogP contribution in [0.3, 0.4) is 0 Å². The fraction of sp³-hybridized carbons (Fsp3) is 0.526. The van der Waals surface area contributed by atoms with Crippen molar-refractivity contribution in [1.29, 1.82) is 0 Å². The van der Waals surface area contributed by atoms with Gasteiger partial charge in [0.1, 0.15) is 12.4 Å². The van der Waals surface area contributed by atoms with E-state index in [4.69, 9.17) is 4.74 Å². The first-order chi connectivity index (χ1) is 12.4. The zero-order chi connectivity index (χ0) is 19.1. The Morgan fingerprint density at radius 1 is 1.19 bits per heavy atom. The lowest BCUT2D eigenvalue weighted by atomic mass is 10.1. The molecule has 2 amide bonds. The van der Waals surface area contributed by atoms with Crippen molar-refractivity contribution in [3.05, 3.63) is 35.6 Å². The number of nitrogens with zero attached hydrogens (tertiary/aromatic N) is 1. The van der Waals surface area contributed by atoms with Gasteiger partial charge in [-0.3, -0.25) is 14.4 Å². The Labute approximate surface area is 152 Å². The molecule has 1 aromatic rings. The lowest BCUT2D eigenvalue weighted by Crippen LogP contribution is -2.41. The topological polar surface area (TPSA) is 75.7 Å². The molecule has 26 heavy (non-hydrogen) atoms. The smallest absolute Gasteiger partial charge is 0.326 e. The van der Waals surface area contributed by atoms with Crippen molar-refractivity contribution < 1.29 is 23.5 Å². The van der Waals surface area contributed by atoms with Crippen LogP contribution in [-0.2, 0) is 19.1 Å². The van der Waals surface area contributed by atoms with Crippen LogP contribution < -0.4 is 5.32 Å². The molecule has 0 aromatic heterocycles. The largest absolute Gasteiger partial charge is 0.451 e. The van der Waals surface area contributed by atoms with Crippen molar-refractivity contribution in [2.24, 2.45) is 0 Å². The van der Waals surface area contributed by atoms with Crippen molar-refractivity contribution >= 4 is 17.8 Å². The number of likely N-dealkylation sites (tertiary alicyclic amines) is 1. The number of carbonyl (C=O) groups is 3. The summed E-state index contributed by atoms with van der Waals surface area (Å²) in [4.78, 5) is 37.6. The van der Waals surface area contributed by atoms with Crippen LogP contribution in [0.1, 0.15) is 51.1 Å². The number of esters is 1. The average Bonchev–Trinajstić information content (AvgIpc) is 2.79. The van der Waals surface area contributed by atoms with Crippen LogP contribution in [0, 0.1) is 5.82 Å². The van der Waals surface area contributed by atoms with Crippen LogP contribution in [-0.4, -0.2) is 41.9 Å². The molecular formula is C19H25FN2O4. The molecule has 1 aliphatic rings. The Morgan fingerprint density at radius 2 is 1.88 bits per heavy atom. The van der Waals surface area contributed by atoms with Crippen molar-refractivity contribution in [2.75, 3.05) is 13.1 Å². The van der Waals surface area contributed by atoms with E-state index in [0.717, 1.165) is 24.8 Å². The van der Waals surface area contributed by atoms with E-state index in [-0.39, 0.29) is 24.3 Å². The van der Waals surface area contributed by atoms with Crippen molar-refractivity contribution in [1.82, 2.24) is 10.2 Å². The van der Waals surface area contributed by atoms with Crippen molar-refractivity contribution in [3.63, 3.8) is 0 Å². The van der Waals surface area contributed by atoms with Gasteiger partial charge in [-0.2, -0.15) is 0 Å². The summed E-state index contributed by atoms with van der Waals surface area (Å²) in [6.07, 6.45) is 2.14. The SMILES string of the molecule is C[C@H](OC(=O)CN1CCCCCC1=O)C(=O)N[C@@H](C)c1ccc(F)cc1. The minimum atomic E-state index is -0.979. The fourth-order valence-electron chi connectivity index (χ4n) is 2.82. The van der Waals surface area contributed by atoms with E-state index in [1.807, 2.05) is 0 Å². The number of carbonyl (C=O) groups excluding carboxylic acids is 3. The first-order valence-electron chi connectivity index (χ1n) is 8.90. The summed E-state index contributed by atoms with van der Waals surface area (Å²) in [6, 6.07) is 5.46. The van der Waals surface area contributed by atoms with E-state index < -0.39 is 18.0 Å². The van der Waals surface area contributed by atoms with E-state index in [0.29, 0.717) is 13.0 Å². The minimum absolute atomic E-state index is 0.0542. The monoisotopic (exact) mass is 364 g/mol. The first-order valence-corrected chi connectivity index (χ1v) is 8.90. The first kappa shape index (κ1) is 19.9. The molecule has 0 saturated carbocycles. The normalized spacial score (nSPS) is 17.2. The third kappa shape index (κ3) is 5.82. The van der Waals surface area contributed by atoms with Gasteiger partial charge in [-0.15, -0.1) is 0 Å². The number of halogens is 1. The Kier molecular flexibility index (Phi) is 7.12. The van der Waals surface area contributed by atoms with Gasteiger partial charge in [-0.1, -0.05) is 18.6 Å². The maximum Gasteiger partial charge on any atom is 0.326 e. The molecule has 0 bridgehead atoms. The molecule has 0 radical (unpaired) electrons. The van der Waals surface area contributed by atoms with Gasteiger partial charge in [0.25, 0.3) is 5.91 Å². The number of hydrogen-bond acceptors (Lipinski definition) is 4. The Hall–Kier alpha value is -2.44.